The monoisotopic (exact) mass is 852 g/mol. The summed E-state index contributed by atoms with van der Waals surface area (Å²) in [5.41, 5.74) is 16.5. The molecule has 4 heteroatoms. The summed E-state index contributed by atoms with van der Waals surface area (Å²) in [6, 6.07) is 74.0. The van der Waals surface area contributed by atoms with Crippen LogP contribution in [0.1, 0.15) is 81.8 Å². The van der Waals surface area contributed by atoms with Gasteiger partial charge in [0.25, 0.3) is 0 Å². The lowest BCUT2D eigenvalue weighted by atomic mass is 9.73. The Hall–Kier alpha value is -8.08. The molecule has 0 N–H and O–H groups in total. The van der Waals surface area contributed by atoms with E-state index >= 15 is 0 Å². The van der Waals surface area contributed by atoms with Crippen molar-refractivity contribution >= 4 is 45.7 Å². The maximum atomic E-state index is 14.9. The molecule has 2 aliphatic rings. The molecule has 66 heavy (non-hydrogen) atoms. The first-order valence-corrected chi connectivity index (χ1v) is 22.7. The zero-order chi connectivity index (χ0) is 45.2. The van der Waals surface area contributed by atoms with E-state index in [2.05, 4.69) is 183 Å². The molecule has 0 saturated carbocycles. The van der Waals surface area contributed by atoms with Crippen LogP contribution in [-0.2, 0) is 10.8 Å². The lowest BCUT2D eigenvalue weighted by molar-refractivity contribution is 0.102. The van der Waals surface area contributed by atoms with Crippen molar-refractivity contribution in [2.45, 2.75) is 38.5 Å². The maximum Gasteiger partial charge on any atom is 0.193 e. The Morgan fingerprint density at radius 1 is 0.333 bits per heavy atom. The van der Waals surface area contributed by atoms with Crippen LogP contribution in [-0.4, -0.2) is 11.6 Å². The fraction of sp³-hybridized carbons (Fsp3) is 0.0968. The molecular formula is C62H48N2O2. The number of carbonyl (C=O) groups excluding carboxylic acids is 2. The maximum absolute atomic E-state index is 14.9. The van der Waals surface area contributed by atoms with E-state index in [1.165, 1.54) is 22.3 Å². The van der Waals surface area contributed by atoms with Gasteiger partial charge in [-0.3, -0.25) is 9.59 Å². The molecule has 9 aromatic carbocycles. The molecule has 0 bridgehead atoms. The van der Waals surface area contributed by atoms with Crippen molar-refractivity contribution in [2.24, 2.45) is 0 Å². The van der Waals surface area contributed by atoms with Crippen LogP contribution in [0.4, 0.5) is 34.1 Å². The second-order valence-corrected chi connectivity index (χ2v) is 18.4. The number of carbonyl (C=O) groups is 2. The van der Waals surface area contributed by atoms with E-state index in [1.54, 1.807) is 0 Å². The SMILES string of the molecule is CC1(C)c2ccccc2N(c2ccc(-c3cc(C(=O)c4ccccc4)c(-c4ccc(N5c6ccccc6C(C)(C)c6ccccc65)cc4)cc3C(=O)c3ccccc3)cc2)c2ccccc21. The topological polar surface area (TPSA) is 40.6 Å². The van der Waals surface area contributed by atoms with Gasteiger partial charge < -0.3 is 9.80 Å². The predicted octanol–water partition coefficient (Wildman–Crippen LogP) is 15.7. The Kier molecular flexibility index (Phi) is 9.78. The summed E-state index contributed by atoms with van der Waals surface area (Å²) in [7, 11) is 0. The van der Waals surface area contributed by atoms with Crippen molar-refractivity contribution in [2.75, 3.05) is 9.80 Å². The summed E-state index contributed by atoms with van der Waals surface area (Å²) in [6.07, 6.45) is 0. The number of nitrogens with zero attached hydrogens (tertiary/aromatic N) is 2. The van der Waals surface area contributed by atoms with E-state index in [4.69, 9.17) is 0 Å². The minimum absolute atomic E-state index is 0.114. The van der Waals surface area contributed by atoms with Crippen molar-refractivity contribution in [1.82, 2.24) is 0 Å². The molecule has 0 radical (unpaired) electrons. The molecule has 318 valence electrons. The smallest absolute Gasteiger partial charge is 0.193 e. The average molecular weight is 853 g/mol. The molecule has 0 saturated heterocycles. The Labute approximate surface area is 387 Å². The molecule has 0 atom stereocenters. The van der Waals surface area contributed by atoms with Crippen LogP contribution in [0.15, 0.2) is 218 Å². The van der Waals surface area contributed by atoms with Crippen LogP contribution in [0.25, 0.3) is 22.3 Å². The van der Waals surface area contributed by atoms with E-state index in [9.17, 15) is 9.59 Å². The molecule has 0 fully saturated rings. The molecular weight excluding hydrogens is 805 g/mol. The van der Waals surface area contributed by atoms with Gasteiger partial charge in [-0.15, -0.1) is 0 Å². The Balaban J connectivity index is 1.07. The van der Waals surface area contributed by atoms with Crippen LogP contribution in [0.3, 0.4) is 0 Å². The molecule has 2 aliphatic heterocycles. The molecule has 0 spiro atoms. The van der Waals surface area contributed by atoms with Crippen LogP contribution < -0.4 is 9.80 Å². The van der Waals surface area contributed by atoms with Gasteiger partial charge in [-0.1, -0.05) is 185 Å². The van der Waals surface area contributed by atoms with Gasteiger partial charge in [-0.05, 0) is 105 Å². The average Bonchev–Trinajstić information content (AvgIpc) is 3.37. The Bertz CT molecular complexity index is 3010. The van der Waals surface area contributed by atoms with Gasteiger partial charge in [0.15, 0.2) is 11.6 Å². The minimum Gasteiger partial charge on any atom is -0.310 e. The van der Waals surface area contributed by atoms with Crippen molar-refractivity contribution in [3.63, 3.8) is 0 Å². The number of anilines is 6. The summed E-state index contributed by atoms with van der Waals surface area (Å²) in [5, 5.41) is 0. The number of fused-ring (bicyclic) bond motifs is 4. The van der Waals surface area contributed by atoms with Crippen molar-refractivity contribution in [3.8, 4) is 22.3 Å². The largest absolute Gasteiger partial charge is 0.310 e. The van der Waals surface area contributed by atoms with E-state index in [1.807, 2.05) is 72.8 Å². The molecule has 4 nitrogen and oxygen atoms in total. The van der Waals surface area contributed by atoms with Gasteiger partial charge >= 0.3 is 0 Å². The van der Waals surface area contributed by atoms with Crippen molar-refractivity contribution in [1.29, 1.82) is 0 Å². The second kappa shape index (κ2) is 15.9. The summed E-state index contributed by atoms with van der Waals surface area (Å²) in [5.74, 6) is -0.229. The molecule has 0 unspecified atom stereocenters. The molecule has 2 heterocycles. The summed E-state index contributed by atoms with van der Waals surface area (Å²) in [6.45, 7) is 9.15. The minimum atomic E-state index is -0.179. The van der Waals surface area contributed by atoms with Gasteiger partial charge in [0.1, 0.15) is 0 Å². The van der Waals surface area contributed by atoms with Crippen LogP contribution in [0.2, 0.25) is 0 Å². The third kappa shape index (κ3) is 6.60. The molecule has 9 aromatic rings. The van der Waals surface area contributed by atoms with Gasteiger partial charge in [0, 0.05) is 44.5 Å². The summed E-state index contributed by atoms with van der Waals surface area (Å²) >= 11 is 0. The van der Waals surface area contributed by atoms with E-state index in [-0.39, 0.29) is 22.4 Å². The van der Waals surface area contributed by atoms with Crippen molar-refractivity contribution < 1.29 is 9.59 Å². The normalized spacial score (nSPS) is 14.1. The molecule has 0 aliphatic carbocycles. The number of hydrogen-bond acceptors (Lipinski definition) is 4. The number of para-hydroxylation sites is 4. The highest BCUT2D eigenvalue weighted by molar-refractivity contribution is 6.18. The molecule has 11 rings (SSSR count). The number of rotatable bonds is 8. The Morgan fingerprint density at radius 2 is 0.606 bits per heavy atom. The van der Waals surface area contributed by atoms with Gasteiger partial charge in [0.2, 0.25) is 0 Å². The summed E-state index contributed by atoms with van der Waals surface area (Å²) < 4.78 is 0. The first-order valence-electron chi connectivity index (χ1n) is 22.7. The van der Waals surface area contributed by atoms with Crippen LogP contribution >= 0.6 is 0 Å². The zero-order valence-electron chi connectivity index (χ0n) is 37.5. The lowest BCUT2D eigenvalue weighted by Gasteiger charge is -2.42. The lowest BCUT2D eigenvalue weighted by Crippen LogP contribution is -2.30. The van der Waals surface area contributed by atoms with E-state index in [0.29, 0.717) is 33.4 Å². The first-order chi connectivity index (χ1) is 32.1. The highest BCUT2D eigenvalue weighted by atomic mass is 16.1. The Morgan fingerprint density at radius 3 is 0.909 bits per heavy atom. The number of ketones is 2. The number of hydrogen-bond donors (Lipinski definition) is 0. The highest BCUT2D eigenvalue weighted by Crippen LogP contribution is 2.53. The summed E-state index contributed by atoms with van der Waals surface area (Å²) in [4.78, 5) is 34.4. The van der Waals surface area contributed by atoms with Crippen molar-refractivity contribution in [3.05, 3.63) is 263 Å². The third-order valence-electron chi connectivity index (χ3n) is 13.9. The molecule has 0 amide bonds. The van der Waals surface area contributed by atoms with Gasteiger partial charge in [-0.2, -0.15) is 0 Å². The second-order valence-electron chi connectivity index (χ2n) is 18.4. The molecule has 0 aromatic heterocycles. The first kappa shape index (κ1) is 40.7. The fourth-order valence-corrected chi connectivity index (χ4v) is 10.4. The van der Waals surface area contributed by atoms with E-state index in [0.717, 1.165) is 45.3 Å². The highest BCUT2D eigenvalue weighted by Gasteiger charge is 2.38. The zero-order valence-corrected chi connectivity index (χ0v) is 37.5. The predicted molar refractivity (Wildman–Crippen MR) is 271 cm³/mol. The quantitative estimate of drug-likeness (QED) is 0.143. The van der Waals surface area contributed by atoms with E-state index < -0.39 is 0 Å². The van der Waals surface area contributed by atoms with Crippen LogP contribution in [0.5, 0.6) is 0 Å². The van der Waals surface area contributed by atoms with Gasteiger partial charge in [-0.25, -0.2) is 0 Å². The number of benzene rings is 9. The third-order valence-corrected chi connectivity index (χ3v) is 13.9. The standard InChI is InChI=1S/C62H48N2O2/c1-61(2)51-23-11-15-27-55(51)63(56-28-16-12-24-52(56)61)45-35-31-41(32-36-45)47-39-50(60(66)44-21-9-6-10-22-44)48(40-49(47)59(65)43-19-7-5-8-20-43)42-33-37-46(38-34-42)64-57-29-17-13-25-53(57)62(3,4)54-26-14-18-30-58(54)64/h5-40H,1-4H3. The van der Waals surface area contributed by atoms with Gasteiger partial charge in [0.05, 0.1) is 22.7 Å². The fourth-order valence-electron chi connectivity index (χ4n) is 10.4. The van der Waals surface area contributed by atoms with Crippen LogP contribution in [0, 0.1) is 0 Å².